The summed E-state index contributed by atoms with van der Waals surface area (Å²) in [6.07, 6.45) is 2.75. The van der Waals surface area contributed by atoms with Crippen LogP contribution in [-0.2, 0) is 23.8 Å². The highest BCUT2D eigenvalue weighted by Crippen LogP contribution is 2.39. The molecule has 1 fully saturated rings. The van der Waals surface area contributed by atoms with Crippen LogP contribution in [0.1, 0.15) is 47.3 Å². The first-order valence-corrected chi connectivity index (χ1v) is 14.3. The van der Waals surface area contributed by atoms with Crippen LogP contribution in [0.4, 0.5) is 0 Å². The van der Waals surface area contributed by atoms with Gasteiger partial charge in [-0.05, 0) is 24.2 Å². The number of rotatable bonds is 8. The molecule has 0 N–H and O–H groups in total. The molecule has 0 amide bonds. The summed E-state index contributed by atoms with van der Waals surface area (Å²) in [5.74, 6) is 2.49. The third-order valence-corrected chi connectivity index (χ3v) is 11.1. The van der Waals surface area contributed by atoms with E-state index in [-0.39, 0.29) is 13.0 Å². The molecule has 0 saturated carbocycles. The molecule has 3 rings (SSSR count). The Kier molecular flexibility index (Phi) is 8.24. The highest BCUT2D eigenvalue weighted by molar-refractivity contribution is 6.87. The van der Waals surface area contributed by atoms with Gasteiger partial charge in [-0.2, -0.15) is 10.1 Å². The van der Waals surface area contributed by atoms with Crippen LogP contribution in [-0.4, -0.2) is 62.6 Å². The Morgan fingerprint density at radius 2 is 1.94 bits per heavy atom. The summed E-state index contributed by atoms with van der Waals surface area (Å²) in [5.41, 5.74) is 1.47. The molecule has 1 aliphatic rings. The number of hydrogen-bond donors (Lipinski definition) is 0. The summed E-state index contributed by atoms with van der Waals surface area (Å²) < 4.78 is 19.9. The van der Waals surface area contributed by atoms with Crippen molar-refractivity contribution < 1.29 is 23.8 Å². The summed E-state index contributed by atoms with van der Waals surface area (Å²) in [4.78, 5) is 44.4. The molecule has 0 aliphatic carbocycles. The zero-order chi connectivity index (χ0) is 25.6. The second-order valence-corrected chi connectivity index (χ2v) is 13.4. The first kappa shape index (κ1) is 26.3. The Morgan fingerprint density at radius 1 is 1.23 bits per heavy atom. The Hall–Kier alpha value is -3.30. The van der Waals surface area contributed by atoms with Gasteiger partial charge in [-0.1, -0.05) is 26.7 Å². The first-order valence-electron chi connectivity index (χ1n) is 11.6. The van der Waals surface area contributed by atoms with Crippen LogP contribution in [0.2, 0.25) is 18.1 Å². The first-order chi connectivity index (χ1) is 16.7. The Bertz CT molecular complexity index is 1160. The van der Waals surface area contributed by atoms with Crippen LogP contribution < -0.4 is 5.69 Å². The van der Waals surface area contributed by atoms with E-state index < -0.39 is 43.6 Å². The molecule has 3 atom stereocenters. The van der Waals surface area contributed by atoms with Crippen molar-refractivity contribution in [3.05, 3.63) is 35.4 Å². The number of ether oxygens (including phenoxy) is 3. The molecule has 0 spiro atoms. The summed E-state index contributed by atoms with van der Waals surface area (Å²) in [7, 11) is -1.93. The van der Waals surface area contributed by atoms with E-state index >= 15 is 0 Å². The van der Waals surface area contributed by atoms with Gasteiger partial charge in [0.25, 0.3) is 0 Å². The summed E-state index contributed by atoms with van der Waals surface area (Å²) >= 11 is 0. The van der Waals surface area contributed by atoms with E-state index in [0.29, 0.717) is 5.82 Å². The minimum absolute atomic E-state index is 0.138. The molecule has 12 heteroatoms. The van der Waals surface area contributed by atoms with Crippen LogP contribution in [0, 0.1) is 11.5 Å². The van der Waals surface area contributed by atoms with E-state index in [0.717, 1.165) is 18.1 Å². The average Bonchev–Trinajstić information content (AvgIpc) is 3.48. The van der Waals surface area contributed by atoms with Crippen molar-refractivity contribution in [1.29, 1.82) is 0 Å². The molecule has 2 aromatic heterocycles. The average molecular weight is 502 g/mol. The molecule has 35 heavy (non-hydrogen) atoms. The van der Waals surface area contributed by atoms with Crippen molar-refractivity contribution in [2.45, 2.75) is 77.1 Å². The van der Waals surface area contributed by atoms with Gasteiger partial charge in [0.15, 0.2) is 5.82 Å². The molecule has 0 bridgehead atoms. The van der Waals surface area contributed by atoms with Crippen molar-refractivity contribution >= 4 is 20.0 Å². The lowest BCUT2D eigenvalue weighted by Crippen LogP contribution is -2.46. The SMILES string of the molecule is CC[Si](C#C[C@]1(COC(C)=O)O[C@@H](n2ccc(-n3cncn3)nc2=O)C[C@H]1OC(C)=O)(CC)CC. The minimum Gasteiger partial charge on any atom is -0.462 e. The maximum atomic E-state index is 12.9. The highest BCUT2D eigenvalue weighted by Gasteiger charge is 2.52. The lowest BCUT2D eigenvalue weighted by atomic mass is 9.98. The zero-order valence-electron chi connectivity index (χ0n) is 20.7. The van der Waals surface area contributed by atoms with E-state index in [1.165, 1.54) is 41.9 Å². The van der Waals surface area contributed by atoms with Crippen molar-refractivity contribution in [3.63, 3.8) is 0 Å². The van der Waals surface area contributed by atoms with Gasteiger partial charge in [-0.25, -0.2) is 14.5 Å². The molecule has 1 saturated heterocycles. The van der Waals surface area contributed by atoms with Gasteiger partial charge in [0, 0.05) is 26.5 Å². The molecular weight excluding hydrogens is 470 g/mol. The standard InChI is InChI=1S/C23H31N5O6Si/c1-6-35(7-2,8-3)12-10-23(14-32-17(4)29)19(33-18(5)30)13-21(34-23)27-11-9-20(26-22(27)31)28-16-24-15-25-28/h9,11,15-16,19,21H,6-8,13-14H2,1-5H3/t19-,21-,23-/m1/s1. The highest BCUT2D eigenvalue weighted by atomic mass is 28.3. The molecular formula is C23H31N5O6Si. The topological polar surface area (TPSA) is 127 Å². The number of hydrogen-bond acceptors (Lipinski definition) is 9. The summed E-state index contributed by atoms with van der Waals surface area (Å²) in [5, 5.41) is 3.98. The van der Waals surface area contributed by atoms with Crippen molar-refractivity contribution in [2.24, 2.45) is 0 Å². The van der Waals surface area contributed by atoms with Gasteiger partial charge in [-0.3, -0.25) is 14.2 Å². The number of esters is 2. The largest absolute Gasteiger partial charge is 0.462 e. The number of carbonyl (C=O) groups excluding carboxylic acids is 2. The third kappa shape index (κ3) is 5.86. The van der Waals surface area contributed by atoms with Gasteiger partial charge in [0.05, 0.1) is 0 Å². The van der Waals surface area contributed by atoms with E-state index in [4.69, 9.17) is 14.2 Å². The lowest BCUT2D eigenvalue weighted by molar-refractivity contribution is -0.164. The fourth-order valence-electron chi connectivity index (χ4n) is 4.07. The molecule has 0 unspecified atom stereocenters. The predicted octanol–water partition coefficient (Wildman–Crippen LogP) is 2.03. The van der Waals surface area contributed by atoms with E-state index in [2.05, 4.69) is 47.3 Å². The van der Waals surface area contributed by atoms with Crippen molar-refractivity contribution in [1.82, 2.24) is 24.3 Å². The van der Waals surface area contributed by atoms with E-state index in [1.54, 1.807) is 6.07 Å². The van der Waals surface area contributed by atoms with Gasteiger partial charge in [0.1, 0.15) is 39.7 Å². The van der Waals surface area contributed by atoms with Crippen molar-refractivity contribution in [2.75, 3.05) is 6.61 Å². The maximum Gasteiger partial charge on any atom is 0.351 e. The molecule has 188 valence electrons. The maximum absolute atomic E-state index is 12.9. The van der Waals surface area contributed by atoms with E-state index in [1.807, 2.05) is 0 Å². The zero-order valence-corrected chi connectivity index (χ0v) is 21.7. The Labute approximate surface area is 204 Å². The fraction of sp³-hybridized carbons (Fsp3) is 0.565. The van der Waals surface area contributed by atoms with Gasteiger partial charge in [-0.15, -0.1) is 5.54 Å². The predicted molar refractivity (Wildman–Crippen MR) is 128 cm³/mol. The second-order valence-electron chi connectivity index (χ2n) is 8.48. The van der Waals surface area contributed by atoms with Crippen LogP contribution in [0.5, 0.6) is 0 Å². The molecule has 2 aromatic rings. The number of aromatic nitrogens is 5. The van der Waals surface area contributed by atoms with Crippen LogP contribution in [0.3, 0.4) is 0 Å². The minimum atomic E-state index is -1.93. The smallest absolute Gasteiger partial charge is 0.351 e. The van der Waals surface area contributed by atoms with E-state index in [9.17, 15) is 14.4 Å². The number of nitrogens with zero attached hydrogens (tertiary/aromatic N) is 5. The molecule has 0 aromatic carbocycles. The molecule has 0 radical (unpaired) electrons. The van der Waals surface area contributed by atoms with Gasteiger partial charge >= 0.3 is 17.6 Å². The number of carbonyl (C=O) groups is 2. The fourth-order valence-corrected chi connectivity index (χ4v) is 6.57. The Morgan fingerprint density at radius 3 is 2.49 bits per heavy atom. The quantitative estimate of drug-likeness (QED) is 0.303. The van der Waals surface area contributed by atoms with Crippen LogP contribution >= 0.6 is 0 Å². The normalized spacial score (nSPS) is 21.7. The van der Waals surface area contributed by atoms with Crippen LogP contribution in [0.25, 0.3) is 5.82 Å². The van der Waals surface area contributed by atoms with Gasteiger partial charge < -0.3 is 14.2 Å². The Balaban J connectivity index is 2.04. The van der Waals surface area contributed by atoms with Gasteiger partial charge in [0.2, 0.25) is 5.60 Å². The molecule has 1 aliphatic heterocycles. The van der Waals surface area contributed by atoms with Crippen molar-refractivity contribution in [3.8, 4) is 17.3 Å². The monoisotopic (exact) mass is 501 g/mol. The van der Waals surface area contributed by atoms with Crippen LogP contribution in [0.15, 0.2) is 29.7 Å². The second kappa shape index (κ2) is 11.0. The molecule has 3 heterocycles. The third-order valence-electron chi connectivity index (χ3n) is 6.43. The lowest BCUT2D eigenvalue weighted by Gasteiger charge is -2.29. The summed E-state index contributed by atoms with van der Waals surface area (Å²) in [6.45, 7) is 8.71. The summed E-state index contributed by atoms with van der Waals surface area (Å²) in [6, 6.07) is 4.45. The molecule has 11 nitrogen and oxygen atoms in total.